The van der Waals surface area contributed by atoms with E-state index in [0.717, 1.165) is 10.0 Å². The number of benzene rings is 2. The van der Waals surface area contributed by atoms with Crippen molar-refractivity contribution in [1.29, 1.82) is 0 Å². The Labute approximate surface area is 132 Å². The number of rotatable bonds is 5. The van der Waals surface area contributed by atoms with Crippen LogP contribution in [0.3, 0.4) is 0 Å². The van der Waals surface area contributed by atoms with Gasteiger partial charge < -0.3 is 5.32 Å². The van der Waals surface area contributed by atoms with Crippen molar-refractivity contribution >= 4 is 21.6 Å². The van der Waals surface area contributed by atoms with Gasteiger partial charge in [0, 0.05) is 28.2 Å². The van der Waals surface area contributed by atoms with Gasteiger partial charge in [-0.3, -0.25) is 10.1 Å². The highest BCUT2D eigenvalue weighted by Crippen LogP contribution is 2.29. The van der Waals surface area contributed by atoms with Crippen molar-refractivity contribution in [2.24, 2.45) is 0 Å². The average molecular weight is 349 g/mol. The lowest BCUT2D eigenvalue weighted by atomic mass is 10.0. The summed E-state index contributed by atoms with van der Waals surface area (Å²) in [6, 6.07) is 14.8. The largest absolute Gasteiger partial charge is 0.303 e. The molecule has 0 fully saturated rings. The van der Waals surface area contributed by atoms with E-state index in [9.17, 15) is 10.1 Å². The lowest BCUT2D eigenvalue weighted by Gasteiger charge is -2.21. The summed E-state index contributed by atoms with van der Waals surface area (Å²) in [6.07, 6.45) is 0. The summed E-state index contributed by atoms with van der Waals surface area (Å²) in [5, 5.41) is 14.5. The molecule has 0 aliphatic rings. The molecule has 21 heavy (non-hydrogen) atoms. The Balaban J connectivity index is 2.21. The number of para-hydroxylation sites is 1. The van der Waals surface area contributed by atoms with Gasteiger partial charge in [-0.2, -0.15) is 0 Å². The Morgan fingerprint density at radius 2 is 1.52 bits per heavy atom. The summed E-state index contributed by atoms with van der Waals surface area (Å²) in [5.41, 5.74) is 1.97. The monoisotopic (exact) mass is 348 g/mol. The van der Waals surface area contributed by atoms with E-state index in [2.05, 4.69) is 21.2 Å². The molecule has 0 heterocycles. The molecule has 2 rings (SSSR count). The summed E-state index contributed by atoms with van der Waals surface area (Å²) in [6.45, 7) is 3.99. The molecular formula is C16H17BrN2O2. The van der Waals surface area contributed by atoms with Crippen LogP contribution in [-0.4, -0.2) is 4.92 Å². The van der Waals surface area contributed by atoms with E-state index in [-0.39, 0.29) is 22.7 Å². The van der Waals surface area contributed by atoms with Gasteiger partial charge in [0.1, 0.15) is 0 Å². The number of nitrogens with zero attached hydrogens (tertiary/aromatic N) is 1. The third-order valence-electron chi connectivity index (χ3n) is 3.47. The fraction of sp³-hybridized carbons (Fsp3) is 0.250. The third kappa shape index (κ3) is 3.68. The summed E-state index contributed by atoms with van der Waals surface area (Å²) >= 11 is 3.53. The van der Waals surface area contributed by atoms with Crippen LogP contribution in [-0.2, 0) is 0 Å². The first-order valence-electron chi connectivity index (χ1n) is 6.74. The standard InChI is InChI=1S/C16H17BrN2O2/c1-11(13-7-3-5-9-15(13)17)18-12(2)14-8-4-6-10-16(14)19(20)21/h3-12,18H,1-2H3/t11-,12?/m0/s1. The maximum atomic E-state index is 11.1. The summed E-state index contributed by atoms with van der Waals surface area (Å²) in [4.78, 5) is 10.8. The number of hydrogen-bond donors (Lipinski definition) is 1. The number of nitro benzene ring substituents is 1. The molecule has 0 saturated carbocycles. The van der Waals surface area contributed by atoms with Gasteiger partial charge in [-0.25, -0.2) is 0 Å². The van der Waals surface area contributed by atoms with Gasteiger partial charge in [-0.05, 0) is 25.5 Å². The Hall–Kier alpha value is -1.72. The van der Waals surface area contributed by atoms with E-state index >= 15 is 0 Å². The molecule has 110 valence electrons. The Morgan fingerprint density at radius 1 is 1.00 bits per heavy atom. The second-order valence-electron chi connectivity index (χ2n) is 4.95. The topological polar surface area (TPSA) is 55.2 Å². The van der Waals surface area contributed by atoms with Crippen LogP contribution >= 0.6 is 15.9 Å². The van der Waals surface area contributed by atoms with Gasteiger partial charge in [-0.1, -0.05) is 52.3 Å². The zero-order chi connectivity index (χ0) is 15.4. The number of nitro groups is 1. The minimum atomic E-state index is -0.337. The van der Waals surface area contributed by atoms with Crippen LogP contribution in [0.15, 0.2) is 53.0 Å². The molecule has 0 saturated heterocycles. The Bertz CT molecular complexity index is 646. The SMILES string of the molecule is CC(N[C@@H](C)c1ccccc1Br)c1ccccc1[N+](=O)[O-]. The van der Waals surface area contributed by atoms with Gasteiger partial charge in [0.2, 0.25) is 0 Å². The highest BCUT2D eigenvalue weighted by atomic mass is 79.9. The average Bonchev–Trinajstić information content (AvgIpc) is 2.47. The second kappa shape index (κ2) is 6.83. The van der Waals surface area contributed by atoms with Gasteiger partial charge in [0.25, 0.3) is 5.69 Å². The molecule has 0 amide bonds. The summed E-state index contributed by atoms with van der Waals surface area (Å²) in [5.74, 6) is 0. The van der Waals surface area contributed by atoms with Gasteiger partial charge in [-0.15, -0.1) is 0 Å². The van der Waals surface area contributed by atoms with E-state index in [1.54, 1.807) is 12.1 Å². The van der Waals surface area contributed by atoms with Crippen molar-refractivity contribution in [2.45, 2.75) is 25.9 Å². The first-order chi connectivity index (χ1) is 10.0. The highest BCUT2D eigenvalue weighted by Gasteiger charge is 2.20. The van der Waals surface area contributed by atoms with Crippen molar-refractivity contribution in [3.63, 3.8) is 0 Å². The predicted molar refractivity (Wildman–Crippen MR) is 87.2 cm³/mol. The molecule has 4 nitrogen and oxygen atoms in total. The van der Waals surface area contributed by atoms with Crippen LogP contribution in [0.2, 0.25) is 0 Å². The first kappa shape index (κ1) is 15.7. The minimum Gasteiger partial charge on any atom is -0.303 e. The minimum absolute atomic E-state index is 0.0791. The molecule has 2 atom stereocenters. The molecule has 2 aromatic rings. The predicted octanol–water partition coefficient (Wildman–Crippen LogP) is 4.77. The molecule has 0 bridgehead atoms. The maximum Gasteiger partial charge on any atom is 0.274 e. The van der Waals surface area contributed by atoms with Crippen molar-refractivity contribution in [2.75, 3.05) is 0 Å². The lowest BCUT2D eigenvalue weighted by molar-refractivity contribution is -0.385. The molecule has 0 spiro atoms. The van der Waals surface area contributed by atoms with Gasteiger partial charge in [0.15, 0.2) is 0 Å². The number of nitrogens with one attached hydrogen (secondary N) is 1. The molecule has 0 aliphatic heterocycles. The molecule has 0 aromatic heterocycles. The van der Waals surface area contributed by atoms with E-state index < -0.39 is 0 Å². The van der Waals surface area contributed by atoms with E-state index in [0.29, 0.717) is 5.56 Å². The Kier molecular flexibility index (Phi) is 5.09. The molecule has 0 aliphatic carbocycles. The molecule has 2 aromatic carbocycles. The van der Waals surface area contributed by atoms with E-state index in [1.807, 2.05) is 44.2 Å². The van der Waals surface area contributed by atoms with Crippen molar-refractivity contribution in [3.8, 4) is 0 Å². The summed E-state index contributed by atoms with van der Waals surface area (Å²) < 4.78 is 1.03. The Morgan fingerprint density at radius 3 is 2.14 bits per heavy atom. The molecule has 1 unspecified atom stereocenters. The van der Waals surface area contributed by atoms with E-state index in [1.165, 1.54) is 6.07 Å². The summed E-state index contributed by atoms with van der Waals surface area (Å²) in [7, 11) is 0. The number of hydrogen-bond acceptors (Lipinski definition) is 3. The fourth-order valence-electron chi connectivity index (χ4n) is 2.40. The van der Waals surface area contributed by atoms with Crippen molar-refractivity contribution < 1.29 is 4.92 Å². The van der Waals surface area contributed by atoms with Crippen LogP contribution in [0.4, 0.5) is 5.69 Å². The van der Waals surface area contributed by atoms with Crippen LogP contribution in [0, 0.1) is 10.1 Å². The molecule has 1 N–H and O–H groups in total. The number of halogens is 1. The van der Waals surface area contributed by atoms with Crippen LogP contribution in [0.1, 0.15) is 37.1 Å². The molecule has 0 radical (unpaired) electrons. The maximum absolute atomic E-state index is 11.1. The smallest absolute Gasteiger partial charge is 0.274 e. The quantitative estimate of drug-likeness (QED) is 0.625. The fourth-order valence-corrected chi connectivity index (χ4v) is 3.03. The zero-order valence-electron chi connectivity index (χ0n) is 11.9. The van der Waals surface area contributed by atoms with Gasteiger partial charge >= 0.3 is 0 Å². The lowest BCUT2D eigenvalue weighted by Crippen LogP contribution is -2.23. The normalized spacial score (nSPS) is 13.7. The molecule has 5 heteroatoms. The van der Waals surface area contributed by atoms with Crippen molar-refractivity contribution in [3.05, 3.63) is 74.2 Å². The second-order valence-corrected chi connectivity index (χ2v) is 5.80. The third-order valence-corrected chi connectivity index (χ3v) is 4.19. The van der Waals surface area contributed by atoms with Crippen LogP contribution in [0.5, 0.6) is 0 Å². The van der Waals surface area contributed by atoms with Crippen LogP contribution < -0.4 is 5.32 Å². The van der Waals surface area contributed by atoms with Crippen molar-refractivity contribution in [1.82, 2.24) is 5.32 Å². The van der Waals surface area contributed by atoms with Gasteiger partial charge in [0.05, 0.1) is 4.92 Å². The van der Waals surface area contributed by atoms with E-state index in [4.69, 9.17) is 0 Å². The highest BCUT2D eigenvalue weighted by molar-refractivity contribution is 9.10. The zero-order valence-corrected chi connectivity index (χ0v) is 13.5. The molecular weight excluding hydrogens is 332 g/mol. The van der Waals surface area contributed by atoms with Crippen LogP contribution in [0.25, 0.3) is 0 Å². The first-order valence-corrected chi connectivity index (χ1v) is 7.53.